The van der Waals surface area contributed by atoms with E-state index in [9.17, 15) is 13.2 Å². The highest BCUT2D eigenvalue weighted by Gasteiger charge is 2.28. The summed E-state index contributed by atoms with van der Waals surface area (Å²) in [6.07, 6.45) is 1.38. The number of esters is 1. The van der Waals surface area contributed by atoms with E-state index in [1.165, 1.54) is 7.11 Å². The minimum atomic E-state index is -3.76. The number of ether oxygens (including phenoxy) is 1. The molecule has 0 unspecified atom stereocenters. The molecule has 0 fully saturated rings. The van der Waals surface area contributed by atoms with Crippen LogP contribution in [-0.2, 0) is 18.6 Å². The van der Waals surface area contributed by atoms with E-state index in [0.29, 0.717) is 19.3 Å². The van der Waals surface area contributed by atoms with E-state index in [2.05, 4.69) is 4.74 Å². The van der Waals surface area contributed by atoms with E-state index in [4.69, 9.17) is 10.7 Å². The maximum absolute atomic E-state index is 11.1. The predicted molar refractivity (Wildman–Crippen MR) is 47.7 cm³/mol. The zero-order valence-electron chi connectivity index (χ0n) is 7.04. The number of hydrogen-bond donors (Lipinski definition) is 0. The number of carbonyl (C=O) groups excluding carboxylic acids is 1. The summed E-state index contributed by atoms with van der Waals surface area (Å²) in [6, 6.07) is 0. The Morgan fingerprint density at radius 3 is 2.54 bits per heavy atom. The van der Waals surface area contributed by atoms with Crippen molar-refractivity contribution >= 4 is 25.7 Å². The fraction of sp³-hybridized carbons (Fsp3) is 0.571. The van der Waals surface area contributed by atoms with Crippen LogP contribution in [0.2, 0.25) is 0 Å². The molecule has 0 aliphatic heterocycles. The van der Waals surface area contributed by atoms with Gasteiger partial charge in [-0.05, 0) is 19.3 Å². The molecule has 0 aromatic heterocycles. The lowest BCUT2D eigenvalue weighted by Crippen LogP contribution is -2.06. The molecule has 1 rings (SSSR count). The first-order valence-electron chi connectivity index (χ1n) is 3.72. The van der Waals surface area contributed by atoms with Crippen LogP contribution in [0.15, 0.2) is 10.5 Å². The first-order valence-corrected chi connectivity index (χ1v) is 6.02. The molecular weight excluding hydrogens is 216 g/mol. The van der Waals surface area contributed by atoms with Crippen LogP contribution in [0.5, 0.6) is 0 Å². The summed E-state index contributed by atoms with van der Waals surface area (Å²) in [7, 11) is 2.60. The van der Waals surface area contributed by atoms with E-state index in [1.54, 1.807) is 0 Å². The van der Waals surface area contributed by atoms with Crippen LogP contribution in [0, 0.1) is 0 Å². The van der Waals surface area contributed by atoms with Gasteiger partial charge >= 0.3 is 5.97 Å². The minimum absolute atomic E-state index is 0.0148. The van der Waals surface area contributed by atoms with Crippen LogP contribution in [0.25, 0.3) is 0 Å². The molecule has 0 amide bonds. The average Bonchev–Trinajstić information content (AvgIpc) is 2.49. The monoisotopic (exact) mass is 224 g/mol. The fourth-order valence-corrected chi connectivity index (χ4v) is 2.70. The normalized spacial score (nSPS) is 17.7. The summed E-state index contributed by atoms with van der Waals surface area (Å²) in [4.78, 5) is 11.1. The molecule has 0 radical (unpaired) electrons. The van der Waals surface area contributed by atoms with Gasteiger partial charge in [-0.2, -0.15) is 0 Å². The predicted octanol–water partition coefficient (Wildman–Crippen LogP) is 1.17. The molecule has 1 aliphatic carbocycles. The van der Waals surface area contributed by atoms with Crippen molar-refractivity contribution in [2.24, 2.45) is 0 Å². The quantitative estimate of drug-likeness (QED) is 0.522. The van der Waals surface area contributed by atoms with Crippen LogP contribution in [0.3, 0.4) is 0 Å². The average molecular weight is 225 g/mol. The van der Waals surface area contributed by atoms with Gasteiger partial charge in [0.1, 0.15) is 0 Å². The van der Waals surface area contributed by atoms with Gasteiger partial charge in [0.05, 0.1) is 17.6 Å². The Morgan fingerprint density at radius 1 is 1.46 bits per heavy atom. The van der Waals surface area contributed by atoms with Gasteiger partial charge in [0.2, 0.25) is 0 Å². The van der Waals surface area contributed by atoms with Crippen molar-refractivity contribution in [1.29, 1.82) is 0 Å². The summed E-state index contributed by atoms with van der Waals surface area (Å²) in [5, 5.41) is 0. The molecule has 0 saturated heterocycles. The van der Waals surface area contributed by atoms with Gasteiger partial charge in [-0.15, -0.1) is 0 Å². The third-order valence-electron chi connectivity index (χ3n) is 1.89. The molecule has 0 heterocycles. The summed E-state index contributed by atoms with van der Waals surface area (Å²) < 4.78 is 26.4. The second kappa shape index (κ2) is 3.67. The Kier molecular flexibility index (Phi) is 2.98. The molecule has 0 N–H and O–H groups in total. The molecule has 0 aromatic rings. The smallest absolute Gasteiger partial charge is 0.334 e. The molecule has 0 bridgehead atoms. The van der Waals surface area contributed by atoms with E-state index in [1.807, 2.05) is 0 Å². The van der Waals surface area contributed by atoms with Gasteiger partial charge in [-0.3, -0.25) is 0 Å². The molecule has 0 spiro atoms. The van der Waals surface area contributed by atoms with E-state index < -0.39 is 15.0 Å². The van der Waals surface area contributed by atoms with Gasteiger partial charge in [-0.25, -0.2) is 13.2 Å². The maximum Gasteiger partial charge on any atom is 0.334 e. The Labute approximate surface area is 80.9 Å². The van der Waals surface area contributed by atoms with Crippen LogP contribution in [0.4, 0.5) is 0 Å². The van der Waals surface area contributed by atoms with Crippen molar-refractivity contribution in [3.8, 4) is 0 Å². The standard InChI is InChI=1S/C7H9ClO4S/c1-12-7(9)5-3-2-4-6(5)13(8,10)11/h2-4H2,1H3. The number of rotatable bonds is 2. The Morgan fingerprint density at radius 2 is 2.08 bits per heavy atom. The molecule has 74 valence electrons. The Hall–Kier alpha value is -0.550. The largest absolute Gasteiger partial charge is 0.466 e. The van der Waals surface area contributed by atoms with Gasteiger partial charge in [0.25, 0.3) is 9.05 Å². The van der Waals surface area contributed by atoms with Gasteiger partial charge in [0, 0.05) is 10.7 Å². The zero-order valence-corrected chi connectivity index (χ0v) is 8.61. The number of allylic oxidation sites excluding steroid dienone is 1. The third-order valence-corrected chi connectivity index (χ3v) is 3.49. The number of methoxy groups -OCH3 is 1. The molecule has 6 heteroatoms. The zero-order chi connectivity index (χ0) is 10.1. The molecule has 0 atom stereocenters. The first kappa shape index (κ1) is 10.5. The molecular formula is C7H9ClO4S. The van der Waals surface area contributed by atoms with Crippen molar-refractivity contribution < 1.29 is 17.9 Å². The van der Waals surface area contributed by atoms with Crippen LogP contribution in [0.1, 0.15) is 19.3 Å². The lowest BCUT2D eigenvalue weighted by Gasteiger charge is -2.01. The van der Waals surface area contributed by atoms with Gasteiger partial charge < -0.3 is 4.74 Å². The summed E-state index contributed by atoms with van der Waals surface area (Å²) in [5.41, 5.74) is 0.192. The number of carbonyl (C=O) groups is 1. The number of hydrogen-bond acceptors (Lipinski definition) is 4. The second-order valence-electron chi connectivity index (χ2n) is 2.68. The lowest BCUT2D eigenvalue weighted by molar-refractivity contribution is -0.136. The number of halogens is 1. The highest BCUT2D eigenvalue weighted by atomic mass is 35.7. The Bertz CT molecular complexity index is 355. The van der Waals surface area contributed by atoms with Crippen LogP contribution >= 0.6 is 10.7 Å². The highest BCUT2D eigenvalue weighted by Crippen LogP contribution is 2.32. The summed E-state index contributed by atoms with van der Waals surface area (Å²) >= 11 is 0. The van der Waals surface area contributed by atoms with Crippen molar-refractivity contribution in [3.63, 3.8) is 0 Å². The SMILES string of the molecule is COC(=O)C1=C(S(=O)(=O)Cl)CCC1. The lowest BCUT2D eigenvalue weighted by atomic mass is 10.2. The molecule has 13 heavy (non-hydrogen) atoms. The van der Waals surface area contributed by atoms with Crippen molar-refractivity contribution in [1.82, 2.24) is 0 Å². The Balaban J connectivity index is 3.11. The van der Waals surface area contributed by atoms with Gasteiger partial charge in [0.15, 0.2) is 0 Å². The van der Waals surface area contributed by atoms with Crippen LogP contribution in [-0.4, -0.2) is 21.5 Å². The van der Waals surface area contributed by atoms with Crippen molar-refractivity contribution in [2.75, 3.05) is 7.11 Å². The van der Waals surface area contributed by atoms with E-state index >= 15 is 0 Å². The van der Waals surface area contributed by atoms with E-state index in [-0.39, 0.29) is 10.5 Å². The van der Waals surface area contributed by atoms with Gasteiger partial charge in [-0.1, -0.05) is 0 Å². The van der Waals surface area contributed by atoms with E-state index in [0.717, 1.165) is 0 Å². The van der Waals surface area contributed by atoms with Crippen molar-refractivity contribution in [2.45, 2.75) is 19.3 Å². The summed E-state index contributed by atoms with van der Waals surface area (Å²) in [5.74, 6) is -0.600. The molecule has 0 saturated carbocycles. The van der Waals surface area contributed by atoms with Crippen LogP contribution < -0.4 is 0 Å². The summed E-state index contributed by atoms with van der Waals surface area (Å²) in [6.45, 7) is 0. The maximum atomic E-state index is 11.1. The first-order chi connectivity index (χ1) is 5.96. The molecule has 4 nitrogen and oxygen atoms in total. The highest BCUT2D eigenvalue weighted by molar-refractivity contribution is 8.16. The molecule has 1 aliphatic rings. The topological polar surface area (TPSA) is 60.4 Å². The fourth-order valence-electron chi connectivity index (χ4n) is 1.32. The third kappa shape index (κ3) is 2.22. The minimum Gasteiger partial charge on any atom is -0.466 e. The molecule has 0 aromatic carbocycles. The van der Waals surface area contributed by atoms with Crippen molar-refractivity contribution in [3.05, 3.63) is 10.5 Å². The second-order valence-corrected chi connectivity index (χ2v) is 5.27.